The number of amides is 2. The Morgan fingerprint density at radius 3 is 2.58 bits per heavy atom. The Balaban J connectivity index is 1.47. The van der Waals surface area contributed by atoms with E-state index in [0.29, 0.717) is 6.54 Å². The lowest BCUT2D eigenvalue weighted by molar-refractivity contribution is 0.237. The van der Waals surface area contributed by atoms with Gasteiger partial charge in [-0.05, 0) is 37.0 Å². The van der Waals surface area contributed by atoms with Gasteiger partial charge in [-0.3, -0.25) is 0 Å². The minimum atomic E-state index is -0.171. The third kappa shape index (κ3) is 4.25. The van der Waals surface area contributed by atoms with E-state index in [1.807, 2.05) is 55.6 Å². The van der Waals surface area contributed by atoms with Crippen molar-refractivity contribution in [2.45, 2.75) is 32.4 Å². The predicted molar refractivity (Wildman–Crippen MR) is 95.9 cm³/mol. The maximum absolute atomic E-state index is 12.0. The number of pyridine rings is 1. The molecule has 1 atom stereocenters. The molecule has 1 unspecified atom stereocenters. The molecule has 5 nitrogen and oxygen atoms in total. The summed E-state index contributed by atoms with van der Waals surface area (Å²) >= 11 is 0. The largest absolute Gasteiger partial charge is 0.357 e. The van der Waals surface area contributed by atoms with Gasteiger partial charge < -0.3 is 15.5 Å². The molecule has 1 saturated heterocycles. The van der Waals surface area contributed by atoms with Crippen LogP contribution in [0.5, 0.6) is 0 Å². The number of anilines is 1. The van der Waals surface area contributed by atoms with Gasteiger partial charge in [0.05, 0.1) is 6.04 Å². The summed E-state index contributed by atoms with van der Waals surface area (Å²) in [5, 5.41) is 5.83. The SMILES string of the molecule is CC(NC(=O)NCc1ccc(N2CCCC2)nc1)c1ccccc1. The number of hydrogen-bond acceptors (Lipinski definition) is 3. The molecule has 24 heavy (non-hydrogen) atoms. The van der Waals surface area contributed by atoms with Gasteiger partial charge in [-0.1, -0.05) is 36.4 Å². The van der Waals surface area contributed by atoms with Crippen LogP contribution in [0, 0.1) is 0 Å². The van der Waals surface area contributed by atoms with Crippen LogP contribution in [0.3, 0.4) is 0 Å². The lowest BCUT2D eigenvalue weighted by Crippen LogP contribution is -2.36. The van der Waals surface area contributed by atoms with Gasteiger partial charge in [-0.2, -0.15) is 0 Å². The smallest absolute Gasteiger partial charge is 0.315 e. The lowest BCUT2D eigenvalue weighted by atomic mass is 10.1. The van der Waals surface area contributed by atoms with Gasteiger partial charge in [0.15, 0.2) is 0 Å². The van der Waals surface area contributed by atoms with Crippen LogP contribution in [0.15, 0.2) is 48.7 Å². The average molecular weight is 324 g/mol. The van der Waals surface area contributed by atoms with Crippen molar-refractivity contribution in [3.05, 3.63) is 59.8 Å². The second-order valence-corrected chi connectivity index (χ2v) is 6.18. The fourth-order valence-corrected chi connectivity index (χ4v) is 2.91. The first-order chi connectivity index (χ1) is 11.7. The highest BCUT2D eigenvalue weighted by molar-refractivity contribution is 5.74. The average Bonchev–Trinajstić information content (AvgIpc) is 3.16. The highest BCUT2D eigenvalue weighted by Gasteiger charge is 2.13. The van der Waals surface area contributed by atoms with Crippen molar-refractivity contribution in [3.8, 4) is 0 Å². The summed E-state index contributed by atoms with van der Waals surface area (Å²) in [7, 11) is 0. The molecule has 0 radical (unpaired) electrons. The summed E-state index contributed by atoms with van der Waals surface area (Å²) in [4.78, 5) is 18.8. The van der Waals surface area contributed by atoms with Crippen molar-refractivity contribution >= 4 is 11.8 Å². The number of urea groups is 1. The monoisotopic (exact) mass is 324 g/mol. The van der Waals surface area contributed by atoms with Crippen LogP contribution in [0.1, 0.15) is 36.9 Å². The van der Waals surface area contributed by atoms with Crippen LogP contribution in [0.25, 0.3) is 0 Å². The summed E-state index contributed by atoms with van der Waals surface area (Å²) in [6, 6.07) is 13.8. The maximum Gasteiger partial charge on any atom is 0.315 e. The van der Waals surface area contributed by atoms with Crippen molar-refractivity contribution in [2.24, 2.45) is 0 Å². The molecule has 5 heteroatoms. The maximum atomic E-state index is 12.0. The van der Waals surface area contributed by atoms with E-state index in [-0.39, 0.29) is 12.1 Å². The number of nitrogens with one attached hydrogen (secondary N) is 2. The fraction of sp³-hybridized carbons (Fsp3) is 0.368. The molecule has 1 aliphatic rings. The van der Waals surface area contributed by atoms with Gasteiger partial charge in [0, 0.05) is 25.8 Å². The number of aromatic nitrogens is 1. The Labute approximate surface area is 143 Å². The third-order valence-electron chi connectivity index (χ3n) is 4.34. The van der Waals surface area contributed by atoms with E-state index >= 15 is 0 Å². The second-order valence-electron chi connectivity index (χ2n) is 6.18. The van der Waals surface area contributed by atoms with Crippen LogP contribution in [-0.4, -0.2) is 24.1 Å². The Bertz CT molecular complexity index is 651. The van der Waals surface area contributed by atoms with Gasteiger partial charge in [0.1, 0.15) is 5.82 Å². The number of benzene rings is 1. The molecule has 2 amide bonds. The van der Waals surface area contributed by atoms with E-state index in [0.717, 1.165) is 30.0 Å². The highest BCUT2D eigenvalue weighted by atomic mass is 16.2. The Morgan fingerprint density at radius 2 is 1.92 bits per heavy atom. The Hall–Kier alpha value is -2.56. The van der Waals surface area contributed by atoms with Crippen LogP contribution in [-0.2, 0) is 6.54 Å². The van der Waals surface area contributed by atoms with Crippen molar-refractivity contribution in [1.29, 1.82) is 0 Å². The minimum Gasteiger partial charge on any atom is -0.357 e. The first kappa shape index (κ1) is 16.3. The van der Waals surface area contributed by atoms with Gasteiger partial charge in [0.2, 0.25) is 0 Å². The molecule has 1 fully saturated rings. The molecule has 126 valence electrons. The summed E-state index contributed by atoms with van der Waals surface area (Å²) < 4.78 is 0. The minimum absolute atomic E-state index is 0.0260. The number of hydrogen-bond donors (Lipinski definition) is 2. The summed E-state index contributed by atoms with van der Waals surface area (Å²) in [5.74, 6) is 1.03. The first-order valence-corrected chi connectivity index (χ1v) is 8.51. The number of rotatable bonds is 5. The molecular weight excluding hydrogens is 300 g/mol. The predicted octanol–water partition coefficient (Wildman–Crippen LogP) is 3.24. The zero-order valence-corrected chi connectivity index (χ0v) is 14.0. The van der Waals surface area contributed by atoms with Crippen LogP contribution in [0.4, 0.5) is 10.6 Å². The summed E-state index contributed by atoms with van der Waals surface area (Å²) in [5.41, 5.74) is 2.09. The number of carbonyl (C=O) groups excluding carboxylic acids is 1. The fourth-order valence-electron chi connectivity index (χ4n) is 2.91. The zero-order chi connectivity index (χ0) is 16.8. The summed E-state index contributed by atoms with van der Waals surface area (Å²) in [6.45, 7) is 4.62. The number of carbonyl (C=O) groups is 1. The van der Waals surface area contributed by atoms with Crippen LogP contribution >= 0.6 is 0 Å². The molecule has 2 aromatic rings. The Morgan fingerprint density at radius 1 is 1.17 bits per heavy atom. The molecule has 0 spiro atoms. The van der Waals surface area contributed by atoms with E-state index in [9.17, 15) is 4.79 Å². The molecule has 1 aromatic heterocycles. The molecule has 0 aliphatic carbocycles. The quantitative estimate of drug-likeness (QED) is 0.888. The van der Waals surface area contributed by atoms with Gasteiger partial charge >= 0.3 is 6.03 Å². The van der Waals surface area contributed by atoms with Gasteiger partial charge in [-0.25, -0.2) is 9.78 Å². The van der Waals surface area contributed by atoms with E-state index < -0.39 is 0 Å². The van der Waals surface area contributed by atoms with Gasteiger partial charge in [0.25, 0.3) is 0 Å². The molecule has 0 bridgehead atoms. The Kier molecular flexibility index (Phi) is 5.31. The van der Waals surface area contributed by atoms with Crippen LogP contribution in [0.2, 0.25) is 0 Å². The molecule has 0 saturated carbocycles. The molecule has 1 aromatic carbocycles. The molecule has 3 rings (SSSR count). The van der Waals surface area contributed by atoms with Crippen molar-refractivity contribution in [3.63, 3.8) is 0 Å². The van der Waals surface area contributed by atoms with Crippen molar-refractivity contribution in [1.82, 2.24) is 15.6 Å². The topological polar surface area (TPSA) is 57.3 Å². The van der Waals surface area contributed by atoms with E-state index in [1.54, 1.807) is 0 Å². The van der Waals surface area contributed by atoms with E-state index in [4.69, 9.17) is 0 Å². The van der Waals surface area contributed by atoms with Crippen molar-refractivity contribution < 1.29 is 4.79 Å². The van der Waals surface area contributed by atoms with E-state index in [1.165, 1.54) is 12.8 Å². The first-order valence-electron chi connectivity index (χ1n) is 8.51. The van der Waals surface area contributed by atoms with Gasteiger partial charge in [-0.15, -0.1) is 0 Å². The third-order valence-corrected chi connectivity index (χ3v) is 4.34. The lowest BCUT2D eigenvalue weighted by Gasteiger charge is -2.17. The normalized spacial score (nSPS) is 15.1. The molecular formula is C19H24N4O. The van der Waals surface area contributed by atoms with Crippen molar-refractivity contribution in [2.75, 3.05) is 18.0 Å². The second kappa shape index (κ2) is 7.81. The molecule has 2 N–H and O–H groups in total. The molecule has 1 aliphatic heterocycles. The van der Waals surface area contributed by atoms with Crippen LogP contribution < -0.4 is 15.5 Å². The zero-order valence-electron chi connectivity index (χ0n) is 14.0. The highest BCUT2D eigenvalue weighted by Crippen LogP contribution is 2.17. The molecule has 2 heterocycles. The number of nitrogens with zero attached hydrogens (tertiary/aromatic N) is 2. The summed E-state index contributed by atoms with van der Waals surface area (Å²) in [6.07, 6.45) is 4.32. The standard InChI is InChI=1S/C19H24N4O/c1-15(17-7-3-2-4-8-17)22-19(24)21-14-16-9-10-18(20-13-16)23-11-5-6-12-23/h2-4,7-10,13,15H,5-6,11-12,14H2,1H3,(H2,21,22,24). The van der Waals surface area contributed by atoms with E-state index in [2.05, 4.69) is 20.5 Å².